The van der Waals surface area contributed by atoms with Crippen molar-refractivity contribution < 1.29 is 9.53 Å². The molecular weight excluding hydrogens is 280 g/mol. The van der Waals surface area contributed by atoms with Crippen LogP contribution in [0.25, 0.3) is 0 Å². The summed E-state index contributed by atoms with van der Waals surface area (Å²) in [4.78, 5) is 12.1. The second kappa shape index (κ2) is 7.09. The lowest BCUT2D eigenvalue weighted by molar-refractivity contribution is 0.0945. The number of fused-ring (bicyclic) bond motifs is 1. The van der Waals surface area contributed by atoms with Gasteiger partial charge in [-0.25, -0.2) is 0 Å². The first-order valence-corrected chi connectivity index (χ1v) is 7.57. The minimum Gasteiger partial charge on any atom is -0.494 e. The van der Waals surface area contributed by atoms with E-state index in [0.29, 0.717) is 25.4 Å². The van der Waals surface area contributed by atoms with E-state index in [-0.39, 0.29) is 5.91 Å². The summed E-state index contributed by atoms with van der Waals surface area (Å²) in [6, 6.07) is 9.66. The van der Waals surface area contributed by atoms with E-state index in [1.807, 2.05) is 30.3 Å². The third-order valence-corrected chi connectivity index (χ3v) is 3.64. The van der Waals surface area contributed by atoms with Gasteiger partial charge < -0.3 is 15.4 Å². The number of hydrogen-bond donors (Lipinski definition) is 3. The molecule has 0 atom stereocenters. The number of H-pyrrole nitrogens is 1. The van der Waals surface area contributed by atoms with Crippen molar-refractivity contribution in [2.75, 3.05) is 19.7 Å². The lowest BCUT2D eigenvalue weighted by Gasteiger charge is -2.12. The van der Waals surface area contributed by atoms with Crippen LogP contribution in [0.5, 0.6) is 5.75 Å². The van der Waals surface area contributed by atoms with E-state index in [0.717, 1.165) is 36.4 Å². The number of nitrogens with one attached hydrogen (secondary N) is 3. The van der Waals surface area contributed by atoms with Crippen LogP contribution in [0.1, 0.15) is 28.2 Å². The largest absolute Gasteiger partial charge is 0.494 e. The molecule has 6 nitrogen and oxygen atoms in total. The number of aromatic nitrogens is 2. The zero-order chi connectivity index (χ0) is 15.2. The molecule has 1 aliphatic rings. The minimum absolute atomic E-state index is 0.124. The van der Waals surface area contributed by atoms with Gasteiger partial charge in [-0.2, -0.15) is 5.10 Å². The molecule has 1 aliphatic heterocycles. The maximum Gasteiger partial charge on any atom is 0.272 e. The Morgan fingerprint density at radius 2 is 2.18 bits per heavy atom. The van der Waals surface area contributed by atoms with Crippen molar-refractivity contribution in [3.63, 3.8) is 0 Å². The topological polar surface area (TPSA) is 79.0 Å². The predicted octanol–water partition coefficient (Wildman–Crippen LogP) is 1.25. The molecule has 116 valence electrons. The van der Waals surface area contributed by atoms with Crippen molar-refractivity contribution in [1.29, 1.82) is 0 Å². The molecule has 0 bridgehead atoms. The summed E-state index contributed by atoms with van der Waals surface area (Å²) in [5, 5.41) is 13.2. The quantitative estimate of drug-likeness (QED) is 0.702. The van der Waals surface area contributed by atoms with Crippen LogP contribution in [0.15, 0.2) is 30.3 Å². The Kier molecular flexibility index (Phi) is 4.70. The number of rotatable bonds is 6. The van der Waals surface area contributed by atoms with Crippen LogP contribution < -0.4 is 15.4 Å². The van der Waals surface area contributed by atoms with E-state index in [9.17, 15) is 4.79 Å². The van der Waals surface area contributed by atoms with Crippen LogP contribution >= 0.6 is 0 Å². The van der Waals surface area contributed by atoms with Crippen molar-refractivity contribution in [3.05, 3.63) is 47.3 Å². The van der Waals surface area contributed by atoms with E-state index < -0.39 is 0 Å². The number of carbonyl (C=O) groups excluding carboxylic acids is 1. The van der Waals surface area contributed by atoms with Gasteiger partial charge in [-0.1, -0.05) is 18.2 Å². The zero-order valence-electron chi connectivity index (χ0n) is 12.4. The smallest absolute Gasteiger partial charge is 0.272 e. The minimum atomic E-state index is -0.124. The summed E-state index contributed by atoms with van der Waals surface area (Å²) in [5.41, 5.74) is 2.56. The van der Waals surface area contributed by atoms with E-state index in [2.05, 4.69) is 20.8 Å². The lowest BCUT2D eigenvalue weighted by Crippen LogP contribution is -2.29. The summed E-state index contributed by atoms with van der Waals surface area (Å²) >= 11 is 0. The molecule has 3 N–H and O–H groups in total. The van der Waals surface area contributed by atoms with Crippen LogP contribution in [0.3, 0.4) is 0 Å². The van der Waals surface area contributed by atoms with E-state index in [4.69, 9.17) is 4.74 Å². The highest BCUT2D eigenvalue weighted by molar-refractivity contribution is 5.94. The third-order valence-electron chi connectivity index (χ3n) is 3.64. The second-order valence-corrected chi connectivity index (χ2v) is 5.23. The molecular formula is C16H20N4O2. The van der Waals surface area contributed by atoms with E-state index >= 15 is 0 Å². The zero-order valence-corrected chi connectivity index (χ0v) is 12.4. The molecule has 0 fully saturated rings. The summed E-state index contributed by atoms with van der Waals surface area (Å²) < 4.78 is 5.59. The number of benzene rings is 1. The SMILES string of the molecule is O=C(NCCCOc1ccccc1)c1n[nH]c2c1CNCC2. The van der Waals surface area contributed by atoms with Gasteiger partial charge in [-0.15, -0.1) is 0 Å². The predicted molar refractivity (Wildman–Crippen MR) is 82.9 cm³/mol. The van der Waals surface area contributed by atoms with Crippen LogP contribution in [-0.2, 0) is 13.0 Å². The Balaban J connectivity index is 1.42. The average Bonchev–Trinajstić information content (AvgIpc) is 2.99. The third kappa shape index (κ3) is 3.46. The fourth-order valence-corrected chi connectivity index (χ4v) is 2.48. The monoisotopic (exact) mass is 300 g/mol. The molecule has 6 heteroatoms. The lowest BCUT2D eigenvalue weighted by atomic mass is 10.1. The Bertz CT molecular complexity index is 624. The molecule has 0 spiro atoms. The summed E-state index contributed by atoms with van der Waals surface area (Å²) in [6.07, 6.45) is 1.64. The van der Waals surface area contributed by atoms with Gasteiger partial charge in [0.1, 0.15) is 5.75 Å². The van der Waals surface area contributed by atoms with Crippen molar-refractivity contribution in [2.45, 2.75) is 19.4 Å². The number of aromatic amines is 1. The molecule has 1 aromatic carbocycles. The molecule has 0 radical (unpaired) electrons. The van der Waals surface area contributed by atoms with Crippen molar-refractivity contribution >= 4 is 5.91 Å². The highest BCUT2D eigenvalue weighted by Gasteiger charge is 2.20. The van der Waals surface area contributed by atoms with Gasteiger partial charge in [0.2, 0.25) is 0 Å². The van der Waals surface area contributed by atoms with Gasteiger partial charge in [0, 0.05) is 37.3 Å². The fraction of sp³-hybridized carbons (Fsp3) is 0.375. The highest BCUT2D eigenvalue weighted by Crippen LogP contribution is 2.15. The molecule has 0 aliphatic carbocycles. The first kappa shape index (κ1) is 14.6. The van der Waals surface area contributed by atoms with Crippen LogP contribution in [0.2, 0.25) is 0 Å². The summed E-state index contributed by atoms with van der Waals surface area (Å²) in [7, 11) is 0. The van der Waals surface area contributed by atoms with E-state index in [1.54, 1.807) is 0 Å². The van der Waals surface area contributed by atoms with Gasteiger partial charge in [-0.3, -0.25) is 9.89 Å². The maximum absolute atomic E-state index is 12.1. The van der Waals surface area contributed by atoms with Crippen LogP contribution in [-0.4, -0.2) is 35.8 Å². The Labute approximate surface area is 129 Å². The highest BCUT2D eigenvalue weighted by atomic mass is 16.5. The summed E-state index contributed by atoms with van der Waals surface area (Å²) in [6.45, 7) is 2.77. The maximum atomic E-state index is 12.1. The first-order chi connectivity index (χ1) is 10.8. The van der Waals surface area contributed by atoms with E-state index in [1.165, 1.54) is 0 Å². The molecule has 0 saturated heterocycles. The van der Waals surface area contributed by atoms with Gasteiger partial charge in [-0.05, 0) is 18.6 Å². The molecule has 2 heterocycles. The number of nitrogens with zero attached hydrogens (tertiary/aromatic N) is 1. The molecule has 1 amide bonds. The van der Waals surface area contributed by atoms with Gasteiger partial charge in [0.15, 0.2) is 5.69 Å². The number of hydrogen-bond acceptors (Lipinski definition) is 4. The number of para-hydroxylation sites is 1. The Morgan fingerprint density at radius 3 is 3.05 bits per heavy atom. The second-order valence-electron chi connectivity index (χ2n) is 5.23. The Hall–Kier alpha value is -2.34. The molecule has 0 saturated carbocycles. The molecule has 22 heavy (non-hydrogen) atoms. The first-order valence-electron chi connectivity index (χ1n) is 7.57. The average molecular weight is 300 g/mol. The van der Waals surface area contributed by atoms with Gasteiger partial charge in [0.05, 0.1) is 6.61 Å². The molecule has 2 aromatic rings. The van der Waals surface area contributed by atoms with Crippen LogP contribution in [0.4, 0.5) is 0 Å². The molecule has 3 rings (SSSR count). The van der Waals surface area contributed by atoms with Crippen molar-refractivity contribution in [2.24, 2.45) is 0 Å². The van der Waals surface area contributed by atoms with Crippen LogP contribution in [0, 0.1) is 0 Å². The molecule has 1 aromatic heterocycles. The Morgan fingerprint density at radius 1 is 1.32 bits per heavy atom. The van der Waals surface area contributed by atoms with Crippen molar-refractivity contribution in [1.82, 2.24) is 20.8 Å². The fourth-order valence-electron chi connectivity index (χ4n) is 2.48. The standard InChI is InChI=1S/C16H20N4O2/c21-16(15-13-11-17-9-7-14(13)19-20-15)18-8-4-10-22-12-5-2-1-3-6-12/h1-3,5-6,17H,4,7-11H2,(H,18,21)(H,19,20). The summed E-state index contributed by atoms with van der Waals surface area (Å²) in [5.74, 6) is 0.724. The number of ether oxygens (including phenoxy) is 1. The van der Waals surface area contributed by atoms with Gasteiger partial charge in [0.25, 0.3) is 5.91 Å². The number of amides is 1. The molecule has 0 unspecified atom stereocenters. The van der Waals surface area contributed by atoms with Crippen molar-refractivity contribution in [3.8, 4) is 5.75 Å². The number of carbonyl (C=O) groups is 1. The normalized spacial score (nSPS) is 13.5. The van der Waals surface area contributed by atoms with Gasteiger partial charge >= 0.3 is 0 Å².